The second kappa shape index (κ2) is 3.44. The molecular formula is C11H9N5O. The van der Waals surface area contributed by atoms with Gasteiger partial charge in [-0.05, 0) is 12.1 Å². The van der Waals surface area contributed by atoms with Crippen LogP contribution in [0.5, 0.6) is 5.75 Å². The molecule has 84 valence electrons. The van der Waals surface area contributed by atoms with Gasteiger partial charge in [0.2, 0.25) is 0 Å². The van der Waals surface area contributed by atoms with Gasteiger partial charge in [0.1, 0.15) is 23.4 Å². The minimum Gasteiger partial charge on any atom is -0.507 e. The summed E-state index contributed by atoms with van der Waals surface area (Å²) in [5.74, 6) is 0.620. The lowest BCUT2D eigenvalue weighted by molar-refractivity contribution is 0.477. The molecule has 0 bridgehead atoms. The van der Waals surface area contributed by atoms with E-state index in [2.05, 4.69) is 19.9 Å². The van der Waals surface area contributed by atoms with Crippen molar-refractivity contribution in [1.82, 2.24) is 19.9 Å². The fourth-order valence-electron chi connectivity index (χ4n) is 1.64. The lowest BCUT2D eigenvalue weighted by atomic mass is 10.2. The first-order valence-electron chi connectivity index (χ1n) is 4.98. The van der Waals surface area contributed by atoms with Crippen molar-refractivity contribution in [2.45, 2.75) is 0 Å². The average molecular weight is 227 g/mol. The topological polar surface area (TPSA) is 101 Å². The number of H-pyrrole nitrogens is 1. The van der Waals surface area contributed by atoms with E-state index in [0.717, 1.165) is 5.52 Å². The molecule has 0 spiro atoms. The molecule has 17 heavy (non-hydrogen) atoms. The number of hydrogen-bond donors (Lipinski definition) is 3. The summed E-state index contributed by atoms with van der Waals surface area (Å²) in [6, 6.07) is 4.89. The van der Waals surface area contributed by atoms with Crippen LogP contribution in [0.3, 0.4) is 0 Å². The Bertz CT molecular complexity index is 658. The number of aromatic hydroxyl groups is 1. The molecule has 2 aromatic heterocycles. The zero-order chi connectivity index (χ0) is 11.8. The Morgan fingerprint density at radius 1 is 1.29 bits per heavy atom. The van der Waals surface area contributed by atoms with Crippen molar-refractivity contribution in [2.75, 3.05) is 5.73 Å². The summed E-state index contributed by atoms with van der Waals surface area (Å²) in [7, 11) is 0. The molecule has 0 unspecified atom stereocenters. The summed E-state index contributed by atoms with van der Waals surface area (Å²) in [6.45, 7) is 0. The zero-order valence-corrected chi connectivity index (χ0v) is 8.75. The lowest BCUT2D eigenvalue weighted by Crippen LogP contribution is -1.86. The third kappa shape index (κ3) is 1.55. The normalized spacial score (nSPS) is 10.8. The summed E-state index contributed by atoms with van der Waals surface area (Å²) >= 11 is 0. The van der Waals surface area contributed by atoms with E-state index in [1.807, 2.05) is 0 Å². The van der Waals surface area contributed by atoms with Crippen molar-refractivity contribution in [3.63, 3.8) is 0 Å². The highest BCUT2D eigenvalue weighted by molar-refractivity contribution is 5.77. The minimum absolute atomic E-state index is 0.0806. The highest BCUT2D eigenvalue weighted by atomic mass is 16.3. The maximum Gasteiger partial charge on any atom is 0.181 e. The number of nitrogens with two attached hydrogens (primary N) is 1. The number of phenols is 1. The smallest absolute Gasteiger partial charge is 0.181 e. The number of aromatic amines is 1. The molecule has 0 aliphatic rings. The van der Waals surface area contributed by atoms with Gasteiger partial charge < -0.3 is 15.8 Å². The molecule has 0 atom stereocenters. The van der Waals surface area contributed by atoms with Crippen molar-refractivity contribution < 1.29 is 5.11 Å². The summed E-state index contributed by atoms with van der Waals surface area (Å²) in [5.41, 5.74) is 7.93. The predicted octanol–water partition coefficient (Wildman–Crippen LogP) is 1.31. The first kappa shape index (κ1) is 9.59. The second-order valence-electron chi connectivity index (χ2n) is 3.62. The first-order valence-corrected chi connectivity index (χ1v) is 4.98. The number of nitrogens with zero attached hydrogens (tertiary/aromatic N) is 3. The van der Waals surface area contributed by atoms with Crippen molar-refractivity contribution >= 4 is 16.9 Å². The number of imidazole rings is 1. The Hall–Kier alpha value is -2.63. The number of rotatable bonds is 1. The molecule has 0 fully saturated rings. The van der Waals surface area contributed by atoms with Gasteiger partial charge in [-0.1, -0.05) is 0 Å². The van der Waals surface area contributed by atoms with Crippen molar-refractivity contribution in [3.05, 3.63) is 30.7 Å². The summed E-state index contributed by atoms with van der Waals surface area (Å²) in [4.78, 5) is 15.2. The molecule has 0 radical (unpaired) electrons. The number of aromatic nitrogens is 4. The average Bonchev–Trinajstić information content (AvgIpc) is 2.72. The molecule has 0 saturated heterocycles. The lowest BCUT2D eigenvalue weighted by Gasteiger charge is -2.01. The van der Waals surface area contributed by atoms with Crippen LogP contribution in [0, 0.1) is 0 Å². The van der Waals surface area contributed by atoms with E-state index in [1.165, 1.54) is 12.4 Å². The van der Waals surface area contributed by atoms with Crippen LogP contribution in [0.1, 0.15) is 0 Å². The number of phenolic OH excluding ortho intramolecular Hbond substituents is 1. The SMILES string of the molecule is Nc1ccc(-c2nc3ncncc3[nH]2)c(O)c1. The van der Waals surface area contributed by atoms with Crippen molar-refractivity contribution in [3.8, 4) is 17.1 Å². The van der Waals surface area contributed by atoms with E-state index in [1.54, 1.807) is 18.3 Å². The van der Waals surface area contributed by atoms with E-state index >= 15 is 0 Å². The Morgan fingerprint density at radius 3 is 2.94 bits per heavy atom. The van der Waals surface area contributed by atoms with Gasteiger partial charge in [-0.3, -0.25) is 0 Å². The maximum atomic E-state index is 9.79. The zero-order valence-electron chi connectivity index (χ0n) is 8.75. The molecule has 4 N–H and O–H groups in total. The van der Waals surface area contributed by atoms with Gasteiger partial charge in [-0.25, -0.2) is 15.0 Å². The molecule has 2 heterocycles. The molecule has 6 heteroatoms. The van der Waals surface area contributed by atoms with Crippen LogP contribution >= 0.6 is 0 Å². The van der Waals surface area contributed by atoms with Gasteiger partial charge in [0.15, 0.2) is 5.65 Å². The van der Waals surface area contributed by atoms with E-state index in [9.17, 15) is 5.11 Å². The predicted molar refractivity (Wildman–Crippen MR) is 63.2 cm³/mol. The molecule has 0 saturated carbocycles. The number of nitrogen functional groups attached to an aromatic ring is 1. The van der Waals surface area contributed by atoms with Gasteiger partial charge in [-0.15, -0.1) is 0 Å². The molecule has 6 nitrogen and oxygen atoms in total. The van der Waals surface area contributed by atoms with Crippen LogP contribution < -0.4 is 5.73 Å². The van der Waals surface area contributed by atoms with E-state index in [-0.39, 0.29) is 5.75 Å². The standard InChI is InChI=1S/C11H9N5O/c12-6-1-2-7(9(17)3-6)10-15-8-4-13-5-14-11(8)16-10/h1-5,17H,12H2,(H,13,14,15,16). The summed E-state index contributed by atoms with van der Waals surface area (Å²) in [6.07, 6.45) is 3.06. The van der Waals surface area contributed by atoms with Crippen molar-refractivity contribution in [2.24, 2.45) is 0 Å². The number of benzene rings is 1. The third-order valence-electron chi connectivity index (χ3n) is 2.44. The Balaban J connectivity index is 2.20. The van der Waals surface area contributed by atoms with Crippen LogP contribution in [0.25, 0.3) is 22.6 Å². The third-order valence-corrected chi connectivity index (χ3v) is 2.44. The Kier molecular flexibility index (Phi) is 1.94. The highest BCUT2D eigenvalue weighted by Crippen LogP contribution is 2.29. The minimum atomic E-state index is 0.0806. The van der Waals surface area contributed by atoms with Crippen LogP contribution in [-0.2, 0) is 0 Å². The van der Waals surface area contributed by atoms with Crippen LogP contribution in [0.2, 0.25) is 0 Å². The molecule has 3 aromatic rings. The number of nitrogens with one attached hydrogen (secondary N) is 1. The number of hydrogen-bond acceptors (Lipinski definition) is 5. The summed E-state index contributed by atoms with van der Waals surface area (Å²) < 4.78 is 0. The van der Waals surface area contributed by atoms with E-state index in [0.29, 0.717) is 22.7 Å². The molecule has 0 amide bonds. The fourth-order valence-corrected chi connectivity index (χ4v) is 1.64. The molecule has 0 aliphatic carbocycles. The first-order chi connectivity index (χ1) is 8.24. The molecule has 0 aliphatic heterocycles. The largest absolute Gasteiger partial charge is 0.507 e. The van der Waals surface area contributed by atoms with Gasteiger partial charge in [0.25, 0.3) is 0 Å². The van der Waals surface area contributed by atoms with Crippen LogP contribution in [0.15, 0.2) is 30.7 Å². The quantitative estimate of drug-likeness (QED) is 0.544. The van der Waals surface area contributed by atoms with E-state index < -0.39 is 0 Å². The molecule has 1 aromatic carbocycles. The van der Waals surface area contributed by atoms with E-state index in [4.69, 9.17) is 5.73 Å². The number of fused-ring (bicyclic) bond motifs is 1. The van der Waals surface area contributed by atoms with Crippen LogP contribution in [0.4, 0.5) is 5.69 Å². The van der Waals surface area contributed by atoms with Crippen molar-refractivity contribution in [1.29, 1.82) is 0 Å². The van der Waals surface area contributed by atoms with Gasteiger partial charge in [0, 0.05) is 11.8 Å². The van der Waals surface area contributed by atoms with Crippen LogP contribution in [-0.4, -0.2) is 25.0 Å². The highest BCUT2D eigenvalue weighted by Gasteiger charge is 2.10. The maximum absolute atomic E-state index is 9.79. The molecular weight excluding hydrogens is 218 g/mol. The second-order valence-corrected chi connectivity index (χ2v) is 3.62. The van der Waals surface area contributed by atoms with Gasteiger partial charge >= 0.3 is 0 Å². The van der Waals surface area contributed by atoms with Gasteiger partial charge in [0.05, 0.1) is 11.8 Å². The Labute approximate surface area is 96.2 Å². The fraction of sp³-hybridized carbons (Fsp3) is 0. The Morgan fingerprint density at radius 2 is 2.18 bits per heavy atom. The number of anilines is 1. The molecule has 3 rings (SSSR count). The van der Waals surface area contributed by atoms with Gasteiger partial charge in [-0.2, -0.15) is 0 Å². The summed E-state index contributed by atoms with van der Waals surface area (Å²) in [5, 5.41) is 9.79. The monoisotopic (exact) mass is 227 g/mol.